The summed E-state index contributed by atoms with van der Waals surface area (Å²) in [6.45, 7) is 4.27. The number of pyridine rings is 1. The molecule has 0 N–H and O–H groups in total. The number of thiazole rings is 1. The van der Waals surface area contributed by atoms with E-state index >= 15 is 0 Å². The van der Waals surface area contributed by atoms with Gasteiger partial charge >= 0.3 is 0 Å². The topological polar surface area (TPSA) is 89.5 Å². The molecule has 2 aromatic carbocycles. The number of aryl methyl sites for hydroxylation is 2. The lowest BCUT2D eigenvalue weighted by atomic mass is 10.1. The van der Waals surface area contributed by atoms with E-state index in [0.29, 0.717) is 10.9 Å². The maximum absolute atomic E-state index is 13.3. The average Bonchev–Trinajstić information content (AvgIpc) is 3.26. The number of fused-ring (bicyclic) bond motifs is 1. The number of sulfone groups is 1. The first kappa shape index (κ1) is 23.8. The number of carbonyl (C=O) groups is 1. The highest BCUT2D eigenvalue weighted by Crippen LogP contribution is 2.33. The predicted molar refractivity (Wildman–Crippen MR) is 134 cm³/mol. The molecule has 34 heavy (non-hydrogen) atoms. The van der Waals surface area contributed by atoms with Crippen molar-refractivity contribution in [3.63, 3.8) is 0 Å². The van der Waals surface area contributed by atoms with Crippen molar-refractivity contribution in [1.82, 2.24) is 9.97 Å². The summed E-state index contributed by atoms with van der Waals surface area (Å²) in [5.74, 6) is -0.0431. The highest BCUT2D eigenvalue weighted by atomic mass is 32.2. The fraction of sp³-hybridized carbons (Fsp3) is 0.240. The third-order valence-corrected chi connectivity index (χ3v) is 8.17. The number of aromatic nitrogens is 2. The van der Waals surface area contributed by atoms with Crippen LogP contribution in [-0.4, -0.2) is 37.2 Å². The number of anilines is 1. The van der Waals surface area contributed by atoms with Crippen LogP contribution in [0, 0.1) is 13.8 Å². The number of carbonyl (C=O) groups excluding carboxylic acids is 1. The van der Waals surface area contributed by atoms with Crippen LogP contribution < -0.4 is 9.64 Å². The fourth-order valence-electron chi connectivity index (χ4n) is 3.67. The van der Waals surface area contributed by atoms with Gasteiger partial charge in [0.15, 0.2) is 15.0 Å². The van der Waals surface area contributed by atoms with Gasteiger partial charge in [0.2, 0.25) is 5.91 Å². The lowest BCUT2D eigenvalue weighted by Crippen LogP contribution is -2.31. The predicted octanol–water partition coefficient (Wildman–Crippen LogP) is 4.71. The molecular formula is C25H25N3O4S2. The van der Waals surface area contributed by atoms with Crippen LogP contribution in [0.3, 0.4) is 0 Å². The number of benzene rings is 2. The first-order chi connectivity index (χ1) is 16.3. The Morgan fingerprint density at radius 3 is 2.56 bits per heavy atom. The molecule has 0 aliphatic heterocycles. The smallest absolute Gasteiger partial charge is 0.230 e. The van der Waals surface area contributed by atoms with Crippen LogP contribution >= 0.6 is 11.3 Å². The molecule has 0 aliphatic carbocycles. The van der Waals surface area contributed by atoms with E-state index in [4.69, 9.17) is 9.72 Å². The van der Waals surface area contributed by atoms with Gasteiger partial charge in [-0.15, -0.1) is 0 Å². The Bertz CT molecular complexity index is 1420. The Labute approximate surface area is 203 Å². The second-order valence-corrected chi connectivity index (χ2v) is 11.1. The minimum atomic E-state index is -3.64. The van der Waals surface area contributed by atoms with Gasteiger partial charge < -0.3 is 4.74 Å². The number of hydrogen-bond acceptors (Lipinski definition) is 7. The van der Waals surface area contributed by atoms with Crippen molar-refractivity contribution in [2.24, 2.45) is 0 Å². The highest BCUT2D eigenvalue weighted by Gasteiger charge is 2.24. The lowest BCUT2D eigenvalue weighted by molar-refractivity contribution is -0.118. The molecule has 0 saturated heterocycles. The van der Waals surface area contributed by atoms with Crippen molar-refractivity contribution < 1.29 is 17.9 Å². The lowest BCUT2D eigenvalue weighted by Gasteiger charge is -2.20. The average molecular weight is 496 g/mol. The number of methoxy groups -OCH3 is 1. The van der Waals surface area contributed by atoms with Crippen LogP contribution in [0.25, 0.3) is 10.2 Å². The minimum Gasteiger partial charge on any atom is -0.497 e. The van der Waals surface area contributed by atoms with E-state index < -0.39 is 9.84 Å². The SMILES string of the molecule is COc1ccc(S(=O)(=O)CCC(=O)N(Cc2cccnc2)c2nc3c(C)cc(C)cc3s2)cc1. The van der Waals surface area contributed by atoms with E-state index in [1.54, 1.807) is 35.5 Å². The van der Waals surface area contributed by atoms with Crippen LogP contribution in [0.4, 0.5) is 5.13 Å². The molecule has 0 radical (unpaired) electrons. The molecule has 0 saturated carbocycles. The van der Waals surface area contributed by atoms with E-state index in [0.717, 1.165) is 26.9 Å². The maximum atomic E-state index is 13.3. The molecule has 0 unspecified atom stereocenters. The van der Waals surface area contributed by atoms with Crippen LogP contribution in [0.2, 0.25) is 0 Å². The molecule has 4 aromatic rings. The van der Waals surface area contributed by atoms with Crippen LogP contribution in [0.1, 0.15) is 23.1 Å². The molecule has 0 bridgehead atoms. The van der Waals surface area contributed by atoms with Gasteiger partial charge in [0, 0.05) is 18.8 Å². The fourth-order valence-corrected chi connectivity index (χ4v) is 6.06. The molecule has 0 atom stereocenters. The minimum absolute atomic E-state index is 0.158. The second-order valence-electron chi connectivity index (χ2n) is 8.01. The molecule has 1 amide bonds. The van der Waals surface area contributed by atoms with E-state index in [9.17, 15) is 13.2 Å². The van der Waals surface area contributed by atoms with Gasteiger partial charge in [-0.25, -0.2) is 13.4 Å². The molecule has 0 spiro atoms. The van der Waals surface area contributed by atoms with Crippen molar-refractivity contribution in [1.29, 1.82) is 0 Å². The van der Waals surface area contributed by atoms with Gasteiger partial charge in [0.1, 0.15) is 5.75 Å². The first-order valence-electron chi connectivity index (χ1n) is 10.7. The third kappa shape index (κ3) is 5.26. The van der Waals surface area contributed by atoms with E-state index in [2.05, 4.69) is 11.1 Å². The number of rotatable bonds is 8. The molecule has 2 heterocycles. The molecule has 2 aromatic heterocycles. The van der Waals surface area contributed by atoms with Gasteiger partial charge in [-0.2, -0.15) is 0 Å². The number of ether oxygens (including phenoxy) is 1. The number of hydrogen-bond donors (Lipinski definition) is 0. The Kier molecular flexibility index (Phi) is 6.95. The Hall–Kier alpha value is -3.30. The summed E-state index contributed by atoms with van der Waals surface area (Å²) in [5.41, 5.74) is 3.84. The van der Waals surface area contributed by atoms with E-state index in [1.165, 1.54) is 30.6 Å². The zero-order valence-electron chi connectivity index (χ0n) is 19.2. The van der Waals surface area contributed by atoms with Gasteiger partial charge in [-0.05, 0) is 66.9 Å². The largest absolute Gasteiger partial charge is 0.497 e. The zero-order valence-corrected chi connectivity index (χ0v) is 20.8. The Balaban J connectivity index is 1.61. The maximum Gasteiger partial charge on any atom is 0.230 e. The van der Waals surface area contributed by atoms with Crippen LogP contribution in [0.5, 0.6) is 5.75 Å². The molecule has 176 valence electrons. The standard InChI is InChI=1S/C25H25N3O4S2/c1-17-13-18(2)24-22(14-17)33-25(27-24)28(16-19-5-4-11-26-15-19)23(29)10-12-34(30,31)21-8-6-20(32-3)7-9-21/h4-9,11,13-15H,10,12,16H2,1-3H3. The van der Waals surface area contributed by atoms with Crippen molar-refractivity contribution in [3.8, 4) is 5.75 Å². The monoisotopic (exact) mass is 495 g/mol. The summed E-state index contributed by atoms with van der Waals surface area (Å²) < 4.78 is 31.8. The van der Waals surface area contributed by atoms with E-state index in [1.807, 2.05) is 26.0 Å². The Morgan fingerprint density at radius 1 is 1.12 bits per heavy atom. The molecule has 0 fully saturated rings. The summed E-state index contributed by atoms with van der Waals surface area (Å²) in [6.07, 6.45) is 3.20. The molecule has 4 rings (SSSR count). The van der Waals surface area contributed by atoms with Crippen molar-refractivity contribution in [3.05, 3.63) is 77.6 Å². The van der Waals surface area contributed by atoms with E-state index in [-0.39, 0.29) is 29.5 Å². The van der Waals surface area contributed by atoms with Gasteiger partial charge in [-0.1, -0.05) is 23.5 Å². The van der Waals surface area contributed by atoms with Crippen LogP contribution in [-0.2, 0) is 21.2 Å². The first-order valence-corrected chi connectivity index (χ1v) is 13.2. The zero-order chi connectivity index (χ0) is 24.3. The normalized spacial score (nSPS) is 11.5. The van der Waals surface area contributed by atoms with Crippen molar-refractivity contribution in [2.75, 3.05) is 17.8 Å². The van der Waals surface area contributed by atoms with Gasteiger partial charge in [-0.3, -0.25) is 14.7 Å². The molecular weight excluding hydrogens is 470 g/mol. The molecule has 0 aliphatic rings. The van der Waals surface area contributed by atoms with Crippen molar-refractivity contribution in [2.45, 2.75) is 31.7 Å². The van der Waals surface area contributed by atoms with Gasteiger partial charge in [0.25, 0.3) is 0 Å². The summed E-state index contributed by atoms with van der Waals surface area (Å²) in [5, 5.41) is 0.541. The van der Waals surface area contributed by atoms with Gasteiger partial charge in [0.05, 0.1) is 34.5 Å². The molecule has 9 heteroatoms. The highest BCUT2D eigenvalue weighted by molar-refractivity contribution is 7.91. The molecule has 7 nitrogen and oxygen atoms in total. The Morgan fingerprint density at radius 2 is 1.88 bits per heavy atom. The number of nitrogens with zero attached hydrogens (tertiary/aromatic N) is 3. The second kappa shape index (κ2) is 9.90. The summed E-state index contributed by atoms with van der Waals surface area (Å²) in [4.78, 5) is 23.9. The number of amides is 1. The van der Waals surface area contributed by atoms with Crippen molar-refractivity contribution >= 4 is 42.4 Å². The van der Waals surface area contributed by atoms with Crippen LogP contribution in [0.15, 0.2) is 65.8 Å². The third-order valence-electron chi connectivity index (χ3n) is 5.42. The quantitative estimate of drug-likeness (QED) is 0.352. The summed E-state index contributed by atoms with van der Waals surface area (Å²) in [7, 11) is -2.12. The summed E-state index contributed by atoms with van der Waals surface area (Å²) in [6, 6.07) is 14.0. The summed E-state index contributed by atoms with van der Waals surface area (Å²) >= 11 is 1.43.